The number of hydrogen-bond acceptors (Lipinski definition) is 12. The number of nitrogens with zero attached hydrogens (tertiary/aromatic N) is 1. The summed E-state index contributed by atoms with van der Waals surface area (Å²) in [6.07, 6.45) is -2.32. The van der Waals surface area contributed by atoms with E-state index in [1.807, 2.05) is 46.7 Å². The first kappa shape index (κ1) is 39.5. The maximum absolute atomic E-state index is 14.7. The third-order valence-corrected chi connectivity index (χ3v) is 11.5. The standard InChI is InChI=1S/C36H62N4O9/c1-12-21(4)37-19-24-16-25(40(10)11)27(41)31(46-24)48-30-22(5)29(42)34(7)14-15-45-35(30,8)17-20(3)18-38-23(6)28-36(9,49-33(44)39-28)26(13-2)47-32(34)43/h20,22-28,30-31,37-38,41H,4,12-19H2,1-3,5-11H3,(H,39,44)/t20-,22+,23-,24+,25+,26-,27-,28-,30-,31+,34+,35+,36-/m1/s1. The van der Waals surface area contributed by atoms with Crippen LogP contribution in [-0.2, 0) is 33.3 Å². The SMILES string of the molecule is C=C(CC)NC[C@@H]1C[C@H](N(C)C)[C@@H](O)[C@H](O[C@@H]2[C@@H](C)C(=O)[C@]3(C)CCO[C@@]2(C)C[C@@H](C)CN[C@H](C)[C@H]2NC(=O)O[C@]2(C)[C@@H](CC)OC3=O)O1. The van der Waals surface area contributed by atoms with Crippen LogP contribution in [0.3, 0.4) is 0 Å². The predicted molar refractivity (Wildman–Crippen MR) is 184 cm³/mol. The molecule has 13 atom stereocenters. The highest BCUT2D eigenvalue weighted by atomic mass is 16.7. The van der Waals surface area contributed by atoms with E-state index in [1.54, 1.807) is 20.8 Å². The van der Waals surface area contributed by atoms with Crippen LogP contribution in [0.4, 0.5) is 4.79 Å². The number of aliphatic hydroxyl groups is 1. The van der Waals surface area contributed by atoms with E-state index in [1.165, 1.54) is 0 Å². The number of fused-ring (bicyclic) bond motifs is 10. The molecule has 0 aromatic carbocycles. The number of carbonyl (C=O) groups excluding carboxylic acids is 3. The second-order valence-corrected chi connectivity index (χ2v) is 15.7. The van der Waals surface area contributed by atoms with Crippen molar-refractivity contribution in [3.8, 4) is 0 Å². The lowest BCUT2D eigenvalue weighted by atomic mass is 9.70. The summed E-state index contributed by atoms with van der Waals surface area (Å²) in [4.78, 5) is 43.4. The second-order valence-electron chi connectivity index (χ2n) is 15.7. The van der Waals surface area contributed by atoms with E-state index in [0.29, 0.717) is 32.4 Å². The third-order valence-electron chi connectivity index (χ3n) is 11.5. The number of allylic oxidation sites excluding steroid dienone is 1. The lowest BCUT2D eigenvalue weighted by molar-refractivity contribution is -0.301. The van der Waals surface area contributed by atoms with E-state index in [-0.39, 0.29) is 42.9 Å². The van der Waals surface area contributed by atoms with Gasteiger partial charge in [0.15, 0.2) is 17.7 Å². The molecule has 2 bridgehead atoms. The molecule has 5 aliphatic heterocycles. The van der Waals surface area contributed by atoms with Crippen molar-refractivity contribution >= 4 is 17.8 Å². The van der Waals surface area contributed by atoms with Crippen molar-refractivity contribution in [1.29, 1.82) is 0 Å². The molecule has 49 heavy (non-hydrogen) atoms. The van der Waals surface area contributed by atoms with Gasteiger partial charge in [-0.25, -0.2) is 4.79 Å². The van der Waals surface area contributed by atoms with Crippen LogP contribution in [0.25, 0.3) is 0 Å². The molecule has 0 aliphatic carbocycles. The first-order valence-corrected chi connectivity index (χ1v) is 18.1. The number of aliphatic hydroxyl groups excluding tert-OH is 1. The Morgan fingerprint density at radius 2 is 1.84 bits per heavy atom. The normalized spacial score (nSPS) is 43.8. The first-order valence-electron chi connectivity index (χ1n) is 18.1. The van der Waals surface area contributed by atoms with Crippen LogP contribution in [-0.4, -0.2) is 122 Å². The highest BCUT2D eigenvalue weighted by Crippen LogP contribution is 2.43. The van der Waals surface area contributed by atoms with Crippen LogP contribution in [0.2, 0.25) is 0 Å². The van der Waals surface area contributed by atoms with Gasteiger partial charge in [0.2, 0.25) is 0 Å². The topological polar surface area (TPSA) is 157 Å². The van der Waals surface area contributed by atoms with Gasteiger partial charge in [-0.15, -0.1) is 0 Å². The fourth-order valence-electron chi connectivity index (χ4n) is 8.29. The monoisotopic (exact) mass is 694 g/mol. The van der Waals surface area contributed by atoms with Gasteiger partial charge in [-0.05, 0) is 86.4 Å². The number of likely N-dealkylation sites (N-methyl/N-ethyl adjacent to an activating group) is 1. The van der Waals surface area contributed by atoms with Crippen LogP contribution < -0.4 is 16.0 Å². The van der Waals surface area contributed by atoms with Crippen molar-refractivity contribution in [3.05, 3.63) is 12.3 Å². The maximum Gasteiger partial charge on any atom is 0.408 e. The van der Waals surface area contributed by atoms with Gasteiger partial charge >= 0.3 is 12.1 Å². The fourth-order valence-corrected chi connectivity index (χ4v) is 8.29. The van der Waals surface area contributed by atoms with Gasteiger partial charge in [0.05, 0.1) is 23.9 Å². The van der Waals surface area contributed by atoms with Crippen LogP contribution >= 0.6 is 0 Å². The predicted octanol–water partition coefficient (Wildman–Crippen LogP) is 2.89. The average Bonchev–Trinajstić information content (AvgIpc) is 3.36. The number of amides is 1. The Kier molecular flexibility index (Phi) is 12.5. The zero-order chi connectivity index (χ0) is 36.5. The molecule has 0 radical (unpaired) electrons. The van der Waals surface area contributed by atoms with E-state index < -0.39 is 65.2 Å². The minimum absolute atomic E-state index is 0.0321. The summed E-state index contributed by atoms with van der Waals surface area (Å²) in [5.74, 6) is -1.84. The maximum atomic E-state index is 14.7. The van der Waals surface area contributed by atoms with Crippen molar-refractivity contribution in [2.45, 2.75) is 148 Å². The molecule has 5 fully saturated rings. The number of hydrogen-bond donors (Lipinski definition) is 4. The van der Waals surface area contributed by atoms with Crippen molar-refractivity contribution in [2.24, 2.45) is 17.3 Å². The zero-order valence-corrected chi connectivity index (χ0v) is 31.3. The molecular formula is C36H62N4O9. The Balaban J connectivity index is 1.73. The number of ketones is 1. The molecule has 0 aromatic heterocycles. The van der Waals surface area contributed by atoms with Crippen molar-refractivity contribution in [2.75, 3.05) is 33.8 Å². The minimum Gasteiger partial charge on any atom is -0.457 e. The smallest absolute Gasteiger partial charge is 0.408 e. The zero-order valence-electron chi connectivity index (χ0n) is 31.3. The molecule has 5 saturated heterocycles. The summed E-state index contributed by atoms with van der Waals surface area (Å²) in [7, 11) is 3.82. The molecule has 0 saturated carbocycles. The number of rotatable bonds is 8. The van der Waals surface area contributed by atoms with Crippen LogP contribution in [0.1, 0.15) is 87.5 Å². The highest BCUT2D eigenvalue weighted by molar-refractivity contribution is 6.04. The van der Waals surface area contributed by atoms with Crippen molar-refractivity contribution in [3.63, 3.8) is 0 Å². The third kappa shape index (κ3) is 8.12. The highest BCUT2D eigenvalue weighted by Gasteiger charge is 2.58. The number of ether oxygens (including phenoxy) is 5. The molecule has 5 heterocycles. The first-order chi connectivity index (χ1) is 22.9. The number of carbonyl (C=O) groups is 3. The molecule has 0 spiro atoms. The lowest BCUT2D eigenvalue weighted by Crippen LogP contribution is -2.62. The summed E-state index contributed by atoms with van der Waals surface area (Å²) in [6.45, 7) is 20.2. The average molecular weight is 695 g/mol. The summed E-state index contributed by atoms with van der Waals surface area (Å²) in [5.41, 5.74) is -2.85. The van der Waals surface area contributed by atoms with Gasteiger partial charge in [-0.1, -0.05) is 34.3 Å². The molecule has 280 valence electrons. The molecule has 5 aliphatic rings. The Bertz CT molecular complexity index is 1220. The van der Waals surface area contributed by atoms with Crippen molar-refractivity contribution < 1.29 is 43.2 Å². The number of esters is 1. The summed E-state index contributed by atoms with van der Waals surface area (Å²) in [5, 5.41) is 21.4. The molecule has 13 nitrogen and oxygen atoms in total. The Labute approximate surface area is 292 Å². The summed E-state index contributed by atoms with van der Waals surface area (Å²) >= 11 is 0. The molecule has 0 aromatic rings. The molecule has 13 heteroatoms. The van der Waals surface area contributed by atoms with Crippen LogP contribution in [0.5, 0.6) is 0 Å². The Hall–Kier alpha value is -2.29. The number of Topliss-reactive ketones (excluding diaryl/α,β-unsaturated/α-hetero) is 1. The van der Waals surface area contributed by atoms with Gasteiger partial charge in [0.1, 0.15) is 17.6 Å². The molecular weight excluding hydrogens is 632 g/mol. The van der Waals surface area contributed by atoms with Gasteiger partial charge in [0.25, 0.3) is 0 Å². The van der Waals surface area contributed by atoms with Gasteiger partial charge in [0, 0.05) is 36.9 Å². The van der Waals surface area contributed by atoms with E-state index in [2.05, 4.69) is 29.5 Å². The molecule has 0 unspecified atom stereocenters. The second kappa shape index (κ2) is 15.5. The van der Waals surface area contributed by atoms with Crippen molar-refractivity contribution in [1.82, 2.24) is 20.9 Å². The van der Waals surface area contributed by atoms with E-state index >= 15 is 0 Å². The minimum atomic E-state index is -1.57. The van der Waals surface area contributed by atoms with Gasteiger partial charge in [-0.2, -0.15) is 0 Å². The number of nitrogens with one attached hydrogen (secondary N) is 3. The molecule has 1 amide bonds. The summed E-state index contributed by atoms with van der Waals surface area (Å²) in [6, 6.07) is -1.00. The van der Waals surface area contributed by atoms with E-state index in [0.717, 1.165) is 12.1 Å². The largest absolute Gasteiger partial charge is 0.457 e. The van der Waals surface area contributed by atoms with E-state index in [9.17, 15) is 19.5 Å². The molecule has 4 N–H and O–H groups in total. The van der Waals surface area contributed by atoms with Crippen LogP contribution in [0.15, 0.2) is 12.3 Å². The Morgan fingerprint density at radius 1 is 1.14 bits per heavy atom. The van der Waals surface area contributed by atoms with E-state index in [4.69, 9.17) is 23.7 Å². The molecule has 5 rings (SSSR count). The lowest BCUT2D eigenvalue weighted by Gasteiger charge is -2.49. The number of alkyl carbamates (subject to hydrolysis) is 1. The van der Waals surface area contributed by atoms with Gasteiger partial charge in [-0.3, -0.25) is 9.59 Å². The van der Waals surface area contributed by atoms with Gasteiger partial charge < -0.3 is 49.6 Å². The Morgan fingerprint density at radius 3 is 2.47 bits per heavy atom. The fraction of sp³-hybridized carbons (Fsp3) is 0.861. The quantitative estimate of drug-likeness (QED) is 0.218. The summed E-state index contributed by atoms with van der Waals surface area (Å²) < 4.78 is 31.9. The van der Waals surface area contributed by atoms with Crippen LogP contribution in [0, 0.1) is 17.3 Å².